The molecule has 3 nitrogen and oxygen atoms in total. The third kappa shape index (κ3) is 1.29. The van der Waals surface area contributed by atoms with Crippen molar-refractivity contribution in [3.05, 3.63) is 48.8 Å². The lowest BCUT2D eigenvalue weighted by Gasteiger charge is -2.02. The minimum absolute atomic E-state index is 0.879. The average Bonchev–Trinajstić information content (AvgIpc) is 2.69. The number of rotatable bonds is 1. The van der Waals surface area contributed by atoms with Crippen LogP contribution in [0.25, 0.3) is 22.4 Å². The summed E-state index contributed by atoms with van der Waals surface area (Å²) in [5, 5.41) is 0. The molecule has 3 aromatic rings. The van der Waals surface area contributed by atoms with E-state index in [2.05, 4.69) is 28.3 Å². The summed E-state index contributed by atoms with van der Waals surface area (Å²) in [7, 11) is 2.00. The molecule has 1 aromatic carbocycles. The fraction of sp³-hybridized carbons (Fsp3) is 0.0769. The van der Waals surface area contributed by atoms with Crippen molar-refractivity contribution in [1.29, 1.82) is 0 Å². The first-order valence-electron chi connectivity index (χ1n) is 5.10. The predicted molar refractivity (Wildman–Crippen MR) is 62.8 cm³/mol. The summed E-state index contributed by atoms with van der Waals surface area (Å²) in [4.78, 5) is 8.45. The summed E-state index contributed by atoms with van der Waals surface area (Å²) in [6.45, 7) is 0. The first kappa shape index (κ1) is 9.09. The second kappa shape index (κ2) is 3.45. The number of hydrogen-bond acceptors (Lipinski definition) is 2. The molecule has 0 aliphatic rings. The molecule has 2 heterocycles. The van der Waals surface area contributed by atoms with Crippen molar-refractivity contribution in [2.24, 2.45) is 7.05 Å². The SMILES string of the molecule is Cn1c(-c2ccccc2)cc2n[c]cnc21. The van der Waals surface area contributed by atoms with Crippen molar-refractivity contribution >= 4 is 11.2 Å². The molecule has 0 atom stereocenters. The molecule has 1 radical (unpaired) electrons. The smallest absolute Gasteiger partial charge is 0.158 e. The number of aryl methyl sites for hydroxylation is 1. The van der Waals surface area contributed by atoms with Gasteiger partial charge in [0.2, 0.25) is 0 Å². The number of benzene rings is 1. The van der Waals surface area contributed by atoms with Crippen LogP contribution in [-0.4, -0.2) is 14.5 Å². The van der Waals surface area contributed by atoms with Crippen molar-refractivity contribution < 1.29 is 0 Å². The Bertz CT molecular complexity index is 626. The Balaban J connectivity index is 2.29. The van der Waals surface area contributed by atoms with Crippen molar-refractivity contribution in [1.82, 2.24) is 14.5 Å². The molecule has 0 N–H and O–H groups in total. The molecule has 0 saturated heterocycles. The van der Waals surface area contributed by atoms with Crippen LogP contribution >= 0.6 is 0 Å². The zero-order chi connectivity index (χ0) is 11.0. The summed E-state index contributed by atoms with van der Waals surface area (Å²) in [6, 6.07) is 12.3. The molecular weight excluding hydrogens is 198 g/mol. The highest BCUT2D eigenvalue weighted by Gasteiger charge is 2.08. The third-order valence-electron chi connectivity index (χ3n) is 2.68. The van der Waals surface area contributed by atoms with Gasteiger partial charge in [0.05, 0.1) is 11.9 Å². The van der Waals surface area contributed by atoms with Gasteiger partial charge in [-0.15, -0.1) is 0 Å². The Labute approximate surface area is 93.4 Å². The van der Waals surface area contributed by atoms with E-state index in [-0.39, 0.29) is 0 Å². The van der Waals surface area contributed by atoms with Crippen molar-refractivity contribution in [3.8, 4) is 11.3 Å². The molecule has 0 bridgehead atoms. The molecule has 77 valence electrons. The van der Waals surface area contributed by atoms with E-state index in [1.54, 1.807) is 6.20 Å². The Morgan fingerprint density at radius 2 is 2.00 bits per heavy atom. The van der Waals surface area contributed by atoms with Gasteiger partial charge in [-0.2, -0.15) is 0 Å². The van der Waals surface area contributed by atoms with Gasteiger partial charge in [0.25, 0.3) is 0 Å². The predicted octanol–water partition coefficient (Wildman–Crippen LogP) is 2.44. The quantitative estimate of drug-likeness (QED) is 0.615. The lowest BCUT2D eigenvalue weighted by molar-refractivity contribution is 0.954. The molecule has 0 fully saturated rings. The Hall–Kier alpha value is -2.16. The summed E-state index contributed by atoms with van der Waals surface area (Å²) in [5.41, 5.74) is 4.06. The maximum atomic E-state index is 4.27. The molecule has 0 aliphatic heterocycles. The van der Waals surface area contributed by atoms with Crippen LogP contribution in [0.2, 0.25) is 0 Å². The Morgan fingerprint density at radius 3 is 2.75 bits per heavy atom. The van der Waals surface area contributed by atoms with Gasteiger partial charge in [-0.25, -0.2) is 9.97 Å². The molecular formula is C13H10N3. The molecule has 3 rings (SSSR count). The molecule has 0 unspecified atom stereocenters. The van der Waals surface area contributed by atoms with Crippen molar-refractivity contribution in [2.75, 3.05) is 0 Å². The lowest BCUT2D eigenvalue weighted by Crippen LogP contribution is -1.92. The second-order valence-corrected chi connectivity index (χ2v) is 3.66. The monoisotopic (exact) mass is 208 g/mol. The third-order valence-corrected chi connectivity index (χ3v) is 2.68. The van der Waals surface area contributed by atoms with Gasteiger partial charge in [0.1, 0.15) is 11.7 Å². The van der Waals surface area contributed by atoms with Gasteiger partial charge in [-0.1, -0.05) is 30.3 Å². The summed E-state index contributed by atoms with van der Waals surface area (Å²) < 4.78 is 2.05. The van der Waals surface area contributed by atoms with E-state index in [0.717, 1.165) is 16.9 Å². The molecule has 16 heavy (non-hydrogen) atoms. The van der Waals surface area contributed by atoms with Crippen LogP contribution in [0.4, 0.5) is 0 Å². The van der Waals surface area contributed by atoms with E-state index in [1.807, 2.05) is 35.9 Å². The van der Waals surface area contributed by atoms with Gasteiger partial charge in [-0.3, -0.25) is 0 Å². The second-order valence-electron chi connectivity index (χ2n) is 3.66. The molecule has 0 spiro atoms. The normalized spacial score (nSPS) is 10.8. The average molecular weight is 208 g/mol. The van der Waals surface area contributed by atoms with Crippen LogP contribution in [0.15, 0.2) is 42.6 Å². The highest BCUT2D eigenvalue weighted by molar-refractivity contribution is 5.80. The largest absolute Gasteiger partial charge is 0.327 e. The van der Waals surface area contributed by atoms with Crippen LogP contribution in [0.5, 0.6) is 0 Å². The molecule has 0 saturated carbocycles. The zero-order valence-electron chi connectivity index (χ0n) is 8.88. The number of nitrogens with zero attached hydrogens (tertiary/aromatic N) is 3. The Kier molecular flexibility index (Phi) is 1.96. The summed E-state index contributed by atoms with van der Waals surface area (Å²) >= 11 is 0. The highest BCUT2D eigenvalue weighted by atomic mass is 15.0. The van der Waals surface area contributed by atoms with Crippen LogP contribution in [0.1, 0.15) is 0 Å². The van der Waals surface area contributed by atoms with Crippen molar-refractivity contribution in [3.63, 3.8) is 0 Å². The summed E-state index contributed by atoms with van der Waals surface area (Å²) in [6.07, 6.45) is 4.35. The van der Waals surface area contributed by atoms with E-state index < -0.39 is 0 Å². The standard InChI is InChI=1S/C13H10N3/c1-16-12(10-5-3-2-4-6-10)9-11-13(16)15-8-7-14-11/h2-6,8-9H,1H3. The van der Waals surface area contributed by atoms with Crippen LogP contribution in [0.3, 0.4) is 0 Å². The van der Waals surface area contributed by atoms with Gasteiger partial charge in [0, 0.05) is 7.05 Å². The lowest BCUT2D eigenvalue weighted by atomic mass is 10.1. The maximum Gasteiger partial charge on any atom is 0.158 e. The Morgan fingerprint density at radius 1 is 1.19 bits per heavy atom. The van der Waals surface area contributed by atoms with Gasteiger partial charge in [0.15, 0.2) is 5.65 Å². The van der Waals surface area contributed by atoms with E-state index in [9.17, 15) is 0 Å². The fourth-order valence-electron chi connectivity index (χ4n) is 1.89. The van der Waals surface area contributed by atoms with E-state index in [4.69, 9.17) is 0 Å². The minimum Gasteiger partial charge on any atom is -0.327 e. The van der Waals surface area contributed by atoms with Gasteiger partial charge >= 0.3 is 0 Å². The van der Waals surface area contributed by atoms with Gasteiger partial charge in [-0.05, 0) is 11.6 Å². The molecule has 0 amide bonds. The first-order chi connectivity index (χ1) is 7.86. The van der Waals surface area contributed by atoms with Gasteiger partial charge < -0.3 is 4.57 Å². The zero-order valence-corrected chi connectivity index (χ0v) is 8.88. The van der Waals surface area contributed by atoms with Crippen LogP contribution in [0, 0.1) is 6.20 Å². The minimum atomic E-state index is 0.879. The highest BCUT2D eigenvalue weighted by Crippen LogP contribution is 2.24. The topological polar surface area (TPSA) is 30.7 Å². The summed E-state index contributed by atoms with van der Waals surface area (Å²) in [5.74, 6) is 0. The molecule has 3 heteroatoms. The van der Waals surface area contributed by atoms with Crippen LogP contribution < -0.4 is 0 Å². The molecule has 0 aliphatic carbocycles. The van der Waals surface area contributed by atoms with E-state index >= 15 is 0 Å². The maximum absolute atomic E-state index is 4.27. The molecule has 2 aromatic heterocycles. The fourth-order valence-corrected chi connectivity index (χ4v) is 1.89. The number of fused-ring (bicyclic) bond motifs is 1. The van der Waals surface area contributed by atoms with Crippen molar-refractivity contribution in [2.45, 2.75) is 0 Å². The van der Waals surface area contributed by atoms with E-state index in [0.29, 0.717) is 0 Å². The number of hydrogen-bond donors (Lipinski definition) is 0. The number of aromatic nitrogens is 3. The first-order valence-corrected chi connectivity index (χ1v) is 5.10. The van der Waals surface area contributed by atoms with E-state index in [1.165, 1.54) is 5.56 Å². The van der Waals surface area contributed by atoms with Crippen LogP contribution in [-0.2, 0) is 7.05 Å².